The molecule has 1 aromatic carbocycles. The van der Waals surface area contributed by atoms with Crippen LogP contribution < -0.4 is 10.6 Å². The molecule has 0 aromatic heterocycles. The molecule has 0 bridgehead atoms. The Kier molecular flexibility index (Phi) is 11.6. The highest BCUT2D eigenvalue weighted by molar-refractivity contribution is 6.01. The van der Waals surface area contributed by atoms with Gasteiger partial charge in [0.2, 0.25) is 5.91 Å². The molecule has 0 radical (unpaired) electrons. The molecule has 0 unspecified atom stereocenters. The second kappa shape index (κ2) is 13.0. The molecule has 6 nitrogen and oxygen atoms in total. The maximum Gasteiger partial charge on any atom is 0.252 e. The Morgan fingerprint density at radius 2 is 1.88 bits per heavy atom. The minimum Gasteiger partial charge on any atom is -0.359 e. The summed E-state index contributed by atoms with van der Waals surface area (Å²) >= 11 is 0. The number of benzene rings is 1. The van der Waals surface area contributed by atoms with Gasteiger partial charge in [0, 0.05) is 37.6 Å². The number of unbranched alkanes of at least 4 members (excludes halogenated alkanes) is 1. The van der Waals surface area contributed by atoms with Crippen molar-refractivity contribution in [1.29, 1.82) is 0 Å². The van der Waals surface area contributed by atoms with Gasteiger partial charge in [0.05, 0.1) is 0 Å². The van der Waals surface area contributed by atoms with Crippen LogP contribution in [0.15, 0.2) is 18.2 Å². The first kappa shape index (κ1) is 21.5. The van der Waals surface area contributed by atoms with E-state index in [1.807, 2.05) is 19.9 Å². The first-order chi connectivity index (χ1) is 11.5. The van der Waals surface area contributed by atoms with E-state index in [1.165, 1.54) is 0 Å². The predicted octanol–water partition coefficient (Wildman–Crippen LogP) is 1.91. The molecule has 0 spiro atoms. The van der Waals surface area contributed by atoms with E-state index in [-0.39, 0.29) is 11.8 Å². The van der Waals surface area contributed by atoms with Crippen molar-refractivity contribution in [2.24, 2.45) is 0 Å². The molecule has 0 heterocycles. The van der Waals surface area contributed by atoms with E-state index >= 15 is 0 Å². The molecule has 0 aliphatic rings. The first-order valence-corrected chi connectivity index (χ1v) is 8.04. The third-order valence-corrected chi connectivity index (χ3v) is 3.28. The number of carbonyl (C=O) groups excluding carboxylic acids is 4. The van der Waals surface area contributed by atoms with Gasteiger partial charge in [0.25, 0.3) is 5.91 Å². The molecule has 0 saturated carbocycles. The molecule has 1 rings (SSSR count). The zero-order valence-corrected chi connectivity index (χ0v) is 14.6. The summed E-state index contributed by atoms with van der Waals surface area (Å²) in [4.78, 5) is 43.0. The Morgan fingerprint density at radius 3 is 2.33 bits per heavy atom. The molecular weight excluding hydrogens is 308 g/mol. The summed E-state index contributed by atoms with van der Waals surface area (Å²) in [5, 5.41) is 5.16. The SMILES string of the molecule is CCC(=O)NC.CCc1ccc(C(=O)NCCCC=O)c(C=O)c1. The number of nitrogens with one attached hydrogen (secondary N) is 2. The summed E-state index contributed by atoms with van der Waals surface area (Å²) in [7, 11) is 1.63. The number of hydrogen-bond acceptors (Lipinski definition) is 4. The minimum atomic E-state index is -0.273. The van der Waals surface area contributed by atoms with Crippen molar-refractivity contribution in [2.75, 3.05) is 13.6 Å². The molecule has 2 N–H and O–H groups in total. The van der Waals surface area contributed by atoms with Crippen LogP contribution in [0.25, 0.3) is 0 Å². The topological polar surface area (TPSA) is 92.3 Å². The maximum atomic E-state index is 11.8. The van der Waals surface area contributed by atoms with Crippen molar-refractivity contribution < 1.29 is 19.2 Å². The van der Waals surface area contributed by atoms with E-state index in [1.54, 1.807) is 19.2 Å². The van der Waals surface area contributed by atoms with Crippen molar-refractivity contribution >= 4 is 24.4 Å². The highest BCUT2D eigenvalue weighted by atomic mass is 16.2. The van der Waals surface area contributed by atoms with Crippen LogP contribution in [0, 0.1) is 0 Å². The molecule has 132 valence electrons. The van der Waals surface area contributed by atoms with E-state index in [4.69, 9.17) is 0 Å². The van der Waals surface area contributed by atoms with Gasteiger partial charge in [-0.15, -0.1) is 0 Å². The third-order valence-electron chi connectivity index (χ3n) is 3.28. The van der Waals surface area contributed by atoms with Crippen LogP contribution in [0.1, 0.15) is 59.4 Å². The molecule has 24 heavy (non-hydrogen) atoms. The molecule has 0 saturated heterocycles. The Hall–Kier alpha value is -2.50. The van der Waals surface area contributed by atoms with Crippen LogP contribution in [0.3, 0.4) is 0 Å². The normalized spacial score (nSPS) is 9.29. The summed E-state index contributed by atoms with van der Waals surface area (Å²) in [6, 6.07) is 5.23. The fourth-order valence-electron chi connectivity index (χ4n) is 1.80. The average molecular weight is 334 g/mol. The van der Waals surface area contributed by atoms with Gasteiger partial charge < -0.3 is 15.4 Å². The van der Waals surface area contributed by atoms with Gasteiger partial charge in [-0.05, 0) is 30.5 Å². The molecular formula is C18H26N2O4. The first-order valence-electron chi connectivity index (χ1n) is 8.04. The van der Waals surface area contributed by atoms with Gasteiger partial charge in [0.1, 0.15) is 6.29 Å². The van der Waals surface area contributed by atoms with Gasteiger partial charge in [-0.3, -0.25) is 14.4 Å². The summed E-state index contributed by atoms with van der Waals surface area (Å²) in [6.07, 6.45) is 3.95. The average Bonchev–Trinajstić information content (AvgIpc) is 2.64. The number of hydrogen-bond donors (Lipinski definition) is 2. The number of rotatable bonds is 8. The van der Waals surface area contributed by atoms with Gasteiger partial charge in [-0.2, -0.15) is 0 Å². The molecule has 1 aromatic rings. The van der Waals surface area contributed by atoms with E-state index < -0.39 is 0 Å². The van der Waals surface area contributed by atoms with Gasteiger partial charge in [-0.1, -0.05) is 19.9 Å². The summed E-state index contributed by atoms with van der Waals surface area (Å²) in [6.45, 7) is 4.24. The van der Waals surface area contributed by atoms with Crippen molar-refractivity contribution in [3.05, 3.63) is 34.9 Å². The maximum absolute atomic E-state index is 11.8. The lowest BCUT2D eigenvalue weighted by Crippen LogP contribution is -2.25. The van der Waals surface area contributed by atoms with E-state index in [0.717, 1.165) is 18.3 Å². The van der Waals surface area contributed by atoms with E-state index in [0.29, 0.717) is 43.2 Å². The van der Waals surface area contributed by atoms with Crippen LogP contribution in [-0.4, -0.2) is 38.0 Å². The third kappa shape index (κ3) is 8.22. The van der Waals surface area contributed by atoms with Crippen LogP contribution in [-0.2, 0) is 16.0 Å². The van der Waals surface area contributed by atoms with Gasteiger partial charge in [0.15, 0.2) is 6.29 Å². The Labute approximate surface area is 143 Å². The second-order valence-electron chi connectivity index (χ2n) is 4.98. The van der Waals surface area contributed by atoms with Crippen LogP contribution >= 0.6 is 0 Å². The predicted molar refractivity (Wildman–Crippen MR) is 93.2 cm³/mol. The Bertz CT molecular complexity index is 550. The zero-order valence-electron chi connectivity index (χ0n) is 14.6. The van der Waals surface area contributed by atoms with Crippen molar-refractivity contribution in [2.45, 2.75) is 39.5 Å². The lowest BCUT2D eigenvalue weighted by atomic mass is 10.0. The Balaban J connectivity index is 0.000000754. The smallest absolute Gasteiger partial charge is 0.252 e. The highest BCUT2D eigenvalue weighted by Crippen LogP contribution is 2.11. The van der Waals surface area contributed by atoms with E-state index in [9.17, 15) is 19.2 Å². The summed E-state index contributed by atoms with van der Waals surface area (Å²) in [5.74, 6) is -0.180. The lowest BCUT2D eigenvalue weighted by Gasteiger charge is -2.07. The quantitative estimate of drug-likeness (QED) is 0.561. The molecule has 6 heteroatoms. The molecule has 0 fully saturated rings. The van der Waals surface area contributed by atoms with Crippen molar-refractivity contribution in [1.82, 2.24) is 10.6 Å². The minimum absolute atomic E-state index is 0.0926. The summed E-state index contributed by atoms with van der Waals surface area (Å²) < 4.78 is 0. The van der Waals surface area contributed by atoms with Crippen molar-refractivity contribution in [3.8, 4) is 0 Å². The summed E-state index contributed by atoms with van der Waals surface area (Å²) in [5.41, 5.74) is 1.81. The standard InChI is InChI=1S/C14H17NO3.C4H9NO/c1-2-11-5-6-13(12(9-11)10-17)14(18)15-7-3-4-8-16;1-3-4(6)5-2/h5-6,8-10H,2-4,7H2,1H3,(H,15,18);3H2,1-2H3,(H,5,6). The van der Waals surface area contributed by atoms with Crippen LogP contribution in [0.2, 0.25) is 0 Å². The fourth-order valence-corrected chi connectivity index (χ4v) is 1.80. The monoisotopic (exact) mass is 334 g/mol. The molecule has 2 amide bonds. The number of aldehydes is 2. The second-order valence-corrected chi connectivity index (χ2v) is 4.98. The largest absolute Gasteiger partial charge is 0.359 e. The molecule has 0 aliphatic heterocycles. The van der Waals surface area contributed by atoms with Crippen molar-refractivity contribution in [3.63, 3.8) is 0 Å². The molecule has 0 aliphatic carbocycles. The zero-order chi connectivity index (χ0) is 18.4. The number of carbonyl (C=O) groups is 4. The highest BCUT2D eigenvalue weighted by Gasteiger charge is 2.10. The Morgan fingerprint density at radius 1 is 1.17 bits per heavy atom. The lowest BCUT2D eigenvalue weighted by molar-refractivity contribution is -0.120. The number of aryl methyl sites for hydroxylation is 1. The van der Waals surface area contributed by atoms with E-state index in [2.05, 4.69) is 10.6 Å². The van der Waals surface area contributed by atoms with Crippen LogP contribution in [0.4, 0.5) is 0 Å². The van der Waals surface area contributed by atoms with Crippen LogP contribution in [0.5, 0.6) is 0 Å². The fraction of sp³-hybridized carbons (Fsp3) is 0.444. The molecule has 0 atom stereocenters. The van der Waals surface area contributed by atoms with Gasteiger partial charge >= 0.3 is 0 Å². The van der Waals surface area contributed by atoms with Gasteiger partial charge in [-0.25, -0.2) is 0 Å². The number of amides is 2.